The second-order valence-electron chi connectivity index (χ2n) is 7.76. The molecule has 0 spiro atoms. The van der Waals surface area contributed by atoms with Gasteiger partial charge in [-0.1, -0.05) is 12.8 Å². The fourth-order valence-corrected chi connectivity index (χ4v) is 4.09. The van der Waals surface area contributed by atoms with Crippen molar-refractivity contribution in [2.75, 3.05) is 52.4 Å². The molecule has 7 nitrogen and oxygen atoms in total. The van der Waals surface area contributed by atoms with Crippen molar-refractivity contribution in [2.45, 2.75) is 39.2 Å². The molecular weight excluding hydrogens is 479 g/mol. The van der Waals surface area contributed by atoms with Crippen molar-refractivity contribution in [3.63, 3.8) is 0 Å². The number of nitrogens with zero attached hydrogens (tertiary/aromatic N) is 4. The molecule has 2 heterocycles. The number of amides is 1. The summed E-state index contributed by atoms with van der Waals surface area (Å²) in [6.07, 6.45) is 8.78. The predicted molar refractivity (Wildman–Crippen MR) is 129 cm³/mol. The first kappa shape index (κ1) is 24.0. The predicted octanol–water partition coefficient (Wildman–Crippen LogP) is 2.00. The van der Waals surface area contributed by atoms with Gasteiger partial charge in [-0.05, 0) is 31.9 Å². The zero-order valence-corrected chi connectivity index (χ0v) is 20.0. The van der Waals surface area contributed by atoms with Crippen molar-refractivity contribution >= 4 is 35.8 Å². The molecule has 164 valence electrons. The lowest BCUT2D eigenvalue weighted by Crippen LogP contribution is -2.50. The monoisotopic (exact) mass is 516 g/mol. The number of rotatable bonds is 8. The summed E-state index contributed by atoms with van der Waals surface area (Å²) in [4.78, 5) is 21.7. The van der Waals surface area contributed by atoms with E-state index in [1.807, 2.05) is 12.1 Å². The average Bonchev–Trinajstić information content (AvgIpc) is 3.42. The van der Waals surface area contributed by atoms with Crippen molar-refractivity contribution in [1.29, 1.82) is 0 Å². The fraction of sp³-hybridized carbons (Fsp3) is 0.714. The molecule has 0 atom stereocenters. The Hall–Kier alpha value is -1.29. The van der Waals surface area contributed by atoms with E-state index in [1.165, 1.54) is 12.8 Å². The largest absolute Gasteiger partial charge is 0.357 e. The molecule has 1 saturated carbocycles. The Labute approximate surface area is 192 Å². The summed E-state index contributed by atoms with van der Waals surface area (Å²) >= 11 is 0. The molecule has 1 aromatic heterocycles. The first-order chi connectivity index (χ1) is 13.8. The van der Waals surface area contributed by atoms with E-state index in [-0.39, 0.29) is 24.0 Å². The van der Waals surface area contributed by atoms with E-state index in [1.54, 1.807) is 0 Å². The summed E-state index contributed by atoms with van der Waals surface area (Å²) in [5, 5.41) is 6.71. The number of aliphatic imine (C=N–C) groups is 1. The number of hydrogen-bond donors (Lipinski definition) is 2. The van der Waals surface area contributed by atoms with E-state index in [0.717, 1.165) is 77.7 Å². The standard InChI is InChI=1S/C21H36N6O.HI/c1-2-22-21(23-9-13-25-11-5-6-12-25)24-10-14-26-15-17-27(18-16-26)20(28)19-7-3-4-8-19;/h5-6,11-12,19H,2-4,7-10,13-18H2,1H3,(H2,22,23,24);1H. The summed E-state index contributed by atoms with van der Waals surface area (Å²) in [5.74, 6) is 1.58. The third-order valence-electron chi connectivity index (χ3n) is 5.75. The third kappa shape index (κ3) is 7.81. The molecule has 8 heteroatoms. The molecule has 1 amide bonds. The van der Waals surface area contributed by atoms with Crippen LogP contribution in [0, 0.1) is 5.92 Å². The van der Waals surface area contributed by atoms with Gasteiger partial charge in [0.25, 0.3) is 0 Å². The molecule has 1 aromatic rings. The molecule has 0 aromatic carbocycles. The molecule has 0 radical (unpaired) electrons. The van der Waals surface area contributed by atoms with Gasteiger partial charge in [0, 0.05) is 70.7 Å². The number of carbonyl (C=O) groups excluding carboxylic acids is 1. The van der Waals surface area contributed by atoms with Gasteiger partial charge in [-0.3, -0.25) is 14.7 Å². The lowest BCUT2D eigenvalue weighted by atomic mass is 10.1. The highest BCUT2D eigenvalue weighted by Crippen LogP contribution is 2.26. The topological polar surface area (TPSA) is 64.9 Å². The number of piperazine rings is 1. The molecule has 2 fully saturated rings. The van der Waals surface area contributed by atoms with Gasteiger partial charge < -0.3 is 20.1 Å². The second-order valence-corrected chi connectivity index (χ2v) is 7.76. The maximum absolute atomic E-state index is 12.5. The van der Waals surface area contributed by atoms with Gasteiger partial charge in [-0.2, -0.15) is 0 Å². The van der Waals surface area contributed by atoms with E-state index in [0.29, 0.717) is 11.8 Å². The van der Waals surface area contributed by atoms with Crippen molar-refractivity contribution < 1.29 is 4.79 Å². The van der Waals surface area contributed by atoms with Crippen LogP contribution in [0.4, 0.5) is 0 Å². The Balaban J connectivity index is 0.00000300. The van der Waals surface area contributed by atoms with Gasteiger partial charge in [-0.15, -0.1) is 24.0 Å². The van der Waals surface area contributed by atoms with Crippen molar-refractivity contribution in [3.05, 3.63) is 24.5 Å². The molecule has 0 unspecified atom stereocenters. The molecule has 29 heavy (non-hydrogen) atoms. The molecule has 3 rings (SSSR count). The highest BCUT2D eigenvalue weighted by molar-refractivity contribution is 14.0. The highest BCUT2D eigenvalue weighted by atomic mass is 127. The fourth-order valence-electron chi connectivity index (χ4n) is 4.09. The second kappa shape index (κ2) is 13.1. The summed E-state index contributed by atoms with van der Waals surface area (Å²) in [5.41, 5.74) is 0. The van der Waals surface area contributed by atoms with Gasteiger partial charge >= 0.3 is 0 Å². The number of carbonyl (C=O) groups is 1. The summed E-state index contributed by atoms with van der Waals surface area (Å²) in [6.45, 7) is 10.1. The van der Waals surface area contributed by atoms with Crippen molar-refractivity contribution in [3.8, 4) is 0 Å². The Kier molecular flexibility index (Phi) is 10.8. The van der Waals surface area contributed by atoms with Gasteiger partial charge in [0.15, 0.2) is 5.96 Å². The van der Waals surface area contributed by atoms with Gasteiger partial charge in [0.1, 0.15) is 0 Å². The van der Waals surface area contributed by atoms with Crippen LogP contribution in [0.5, 0.6) is 0 Å². The van der Waals surface area contributed by atoms with E-state index in [9.17, 15) is 4.79 Å². The number of hydrogen-bond acceptors (Lipinski definition) is 3. The summed E-state index contributed by atoms with van der Waals surface area (Å²) < 4.78 is 2.16. The van der Waals surface area contributed by atoms with Crippen molar-refractivity contribution in [1.82, 2.24) is 25.0 Å². The van der Waals surface area contributed by atoms with Gasteiger partial charge in [0.05, 0.1) is 6.54 Å². The van der Waals surface area contributed by atoms with E-state index >= 15 is 0 Å². The average molecular weight is 516 g/mol. The summed E-state index contributed by atoms with van der Waals surface area (Å²) in [7, 11) is 0. The minimum atomic E-state index is 0. The molecule has 1 aliphatic heterocycles. The van der Waals surface area contributed by atoms with Crippen LogP contribution in [0.3, 0.4) is 0 Å². The minimum Gasteiger partial charge on any atom is -0.357 e. The lowest BCUT2D eigenvalue weighted by molar-refractivity contribution is -0.137. The lowest BCUT2D eigenvalue weighted by Gasteiger charge is -2.35. The van der Waals surface area contributed by atoms with Crippen LogP contribution in [-0.4, -0.2) is 78.6 Å². The van der Waals surface area contributed by atoms with Crippen molar-refractivity contribution in [2.24, 2.45) is 10.9 Å². The first-order valence-corrected chi connectivity index (χ1v) is 10.9. The van der Waals surface area contributed by atoms with Crippen LogP contribution in [0.25, 0.3) is 0 Å². The van der Waals surface area contributed by atoms with Crippen LogP contribution >= 0.6 is 24.0 Å². The Morgan fingerprint density at radius 1 is 1.03 bits per heavy atom. The van der Waals surface area contributed by atoms with Gasteiger partial charge in [-0.25, -0.2) is 0 Å². The maximum atomic E-state index is 12.5. The van der Waals surface area contributed by atoms with E-state index in [4.69, 9.17) is 4.99 Å². The quantitative estimate of drug-likeness (QED) is 0.315. The van der Waals surface area contributed by atoms with Crippen LogP contribution in [0.1, 0.15) is 32.6 Å². The number of halogens is 1. The molecule has 1 saturated heterocycles. The van der Waals surface area contributed by atoms with Gasteiger partial charge in [0.2, 0.25) is 5.91 Å². The van der Waals surface area contributed by atoms with Crippen LogP contribution < -0.4 is 10.6 Å². The Bertz CT molecular complexity index is 607. The molecule has 1 aliphatic carbocycles. The normalized spacial score (nSPS) is 18.5. The minimum absolute atomic E-state index is 0. The number of nitrogens with one attached hydrogen (secondary N) is 2. The zero-order valence-electron chi connectivity index (χ0n) is 17.7. The first-order valence-electron chi connectivity index (χ1n) is 10.9. The molecule has 2 N–H and O–H groups in total. The maximum Gasteiger partial charge on any atom is 0.225 e. The number of aromatic nitrogens is 1. The SMILES string of the molecule is CCNC(=NCCN1CCN(C(=O)C2CCCC2)CC1)NCCn1cccc1.I. The molecule has 0 bridgehead atoms. The molecule has 2 aliphatic rings. The number of guanidine groups is 1. The zero-order chi connectivity index (χ0) is 19.6. The van der Waals surface area contributed by atoms with Crippen LogP contribution in [0.2, 0.25) is 0 Å². The molecular formula is C21H37IN6O. The Morgan fingerprint density at radius 2 is 1.72 bits per heavy atom. The van der Waals surface area contributed by atoms with E-state index in [2.05, 4.69) is 44.3 Å². The Morgan fingerprint density at radius 3 is 2.38 bits per heavy atom. The van der Waals surface area contributed by atoms with Crippen LogP contribution in [-0.2, 0) is 11.3 Å². The smallest absolute Gasteiger partial charge is 0.225 e. The van der Waals surface area contributed by atoms with E-state index < -0.39 is 0 Å². The van der Waals surface area contributed by atoms with Crippen LogP contribution in [0.15, 0.2) is 29.5 Å². The highest BCUT2D eigenvalue weighted by Gasteiger charge is 2.29. The third-order valence-corrected chi connectivity index (χ3v) is 5.75. The summed E-state index contributed by atoms with van der Waals surface area (Å²) in [6, 6.07) is 4.08.